The van der Waals surface area contributed by atoms with Crippen LogP contribution in [0.4, 0.5) is 5.69 Å². The van der Waals surface area contributed by atoms with E-state index in [1.54, 1.807) is 30.3 Å². The van der Waals surface area contributed by atoms with Gasteiger partial charge in [0.25, 0.3) is 5.91 Å². The first kappa shape index (κ1) is 17.4. The predicted molar refractivity (Wildman–Crippen MR) is 105 cm³/mol. The van der Waals surface area contributed by atoms with Crippen molar-refractivity contribution in [1.82, 2.24) is 0 Å². The molecule has 0 unspecified atom stereocenters. The van der Waals surface area contributed by atoms with E-state index in [9.17, 15) is 9.59 Å². The molecule has 0 aliphatic carbocycles. The maximum absolute atomic E-state index is 12.7. The van der Waals surface area contributed by atoms with Gasteiger partial charge in [-0.25, -0.2) is 4.79 Å². The zero-order chi connectivity index (χ0) is 18.0. The lowest BCUT2D eigenvalue weighted by atomic mass is 10.1. The Hall–Kier alpha value is -2.44. The van der Waals surface area contributed by atoms with E-state index >= 15 is 0 Å². The minimum absolute atomic E-state index is 0.143. The van der Waals surface area contributed by atoms with Crippen molar-refractivity contribution in [2.75, 3.05) is 12.0 Å². The summed E-state index contributed by atoms with van der Waals surface area (Å²) in [5.74, 6) is -0.534. The van der Waals surface area contributed by atoms with Crippen LogP contribution in [-0.2, 0) is 9.53 Å². The van der Waals surface area contributed by atoms with Crippen LogP contribution in [0.15, 0.2) is 53.4 Å². The second-order valence-corrected chi connectivity index (χ2v) is 7.14. The molecule has 1 fully saturated rings. The molecule has 0 atom stereocenters. The van der Waals surface area contributed by atoms with Crippen LogP contribution in [-0.4, -0.2) is 23.3 Å². The van der Waals surface area contributed by atoms with Gasteiger partial charge >= 0.3 is 5.97 Å². The van der Waals surface area contributed by atoms with Gasteiger partial charge in [0.05, 0.1) is 23.3 Å². The molecule has 0 radical (unpaired) electrons. The SMILES string of the molecule is COC(=O)c1ccc(C=C2SC(=S)N(c3ccc(C)cc3)C2=O)cc1. The van der Waals surface area contributed by atoms with Gasteiger partial charge in [-0.05, 0) is 42.8 Å². The maximum Gasteiger partial charge on any atom is 0.337 e. The van der Waals surface area contributed by atoms with Crippen molar-refractivity contribution in [3.63, 3.8) is 0 Å². The second-order valence-electron chi connectivity index (χ2n) is 5.47. The van der Waals surface area contributed by atoms with Crippen LogP contribution < -0.4 is 4.90 Å². The van der Waals surface area contributed by atoms with Gasteiger partial charge < -0.3 is 4.74 Å². The van der Waals surface area contributed by atoms with E-state index in [0.29, 0.717) is 14.8 Å². The lowest BCUT2D eigenvalue weighted by Crippen LogP contribution is -2.27. The smallest absolute Gasteiger partial charge is 0.337 e. The highest BCUT2D eigenvalue weighted by molar-refractivity contribution is 8.27. The van der Waals surface area contributed by atoms with Crippen molar-refractivity contribution in [1.29, 1.82) is 0 Å². The number of anilines is 1. The molecule has 25 heavy (non-hydrogen) atoms. The molecule has 0 N–H and O–H groups in total. The molecular weight excluding hydrogens is 354 g/mol. The predicted octanol–water partition coefficient (Wildman–Crippen LogP) is 4.19. The average molecular weight is 369 g/mol. The van der Waals surface area contributed by atoms with Gasteiger partial charge in [-0.1, -0.05) is 53.8 Å². The normalized spacial score (nSPS) is 15.8. The number of hydrogen-bond donors (Lipinski definition) is 0. The van der Waals surface area contributed by atoms with Crippen molar-refractivity contribution in [2.45, 2.75) is 6.92 Å². The summed E-state index contributed by atoms with van der Waals surface area (Å²) in [6, 6.07) is 14.5. The Morgan fingerprint density at radius 1 is 1.12 bits per heavy atom. The fourth-order valence-electron chi connectivity index (χ4n) is 2.37. The maximum atomic E-state index is 12.7. The molecule has 3 rings (SSSR count). The molecule has 126 valence electrons. The third-order valence-electron chi connectivity index (χ3n) is 3.72. The van der Waals surface area contributed by atoms with Crippen molar-refractivity contribution < 1.29 is 14.3 Å². The first-order valence-electron chi connectivity index (χ1n) is 7.52. The second kappa shape index (κ2) is 7.21. The highest BCUT2D eigenvalue weighted by atomic mass is 32.2. The number of amides is 1. The van der Waals surface area contributed by atoms with Crippen LogP contribution in [0.1, 0.15) is 21.5 Å². The molecule has 1 aliphatic rings. The van der Waals surface area contributed by atoms with Crippen molar-refractivity contribution in [2.24, 2.45) is 0 Å². The van der Waals surface area contributed by atoms with Crippen LogP contribution >= 0.6 is 24.0 Å². The fraction of sp³-hybridized carbons (Fsp3) is 0.105. The van der Waals surface area contributed by atoms with Gasteiger partial charge in [-0.2, -0.15) is 0 Å². The summed E-state index contributed by atoms with van der Waals surface area (Å²) in [5.41, 5.74) is 3.16. The molecule has 1 heterocycles. The number of carbonyl (C=O) groups excluding carboxylic acids is 2. The molecule has 0 bridgehead atoms. The van der Waals surface area contributed by atoms with Gasteiger partial charge in [0.15, 0.2) is 4.32 Å². The summed E-state index contributed by atoms with van der Waals surface area (Å²) in [6.07, 6.45) is 1.77. The minimum Gasteiger partial charge on any atom is -0.465 e. The molecule has 0 aromatic heterocycles. The first-order chi connectivity index (χ1) is 12.0. The quantitative estimate of drug-likeness (QED) is 0.461. The van der Waals surface area contributed by atoms with Crippen LogP contribution in [0.5, 0.6) is 0 Å². The summed E-state index contributed by atoms with van der Waals surface area (Å²) in [7, 11) is 1.34. The molecule has 1 amide bonds. The third-order valence-corrected chi connectivity index (χ3v) is 5.02. The standard InChI is InChI=1S/C19H15NO3S2/c1-12-3-9-15(10-4-12)20-17(21)16(25-19(20)24)11-13-5-7-14(8-6-13)18(22)23-2/h3-11H,1-2H3. The summed E-state index contributed by atoms with van der Waals surface area (Å²) in [6.45, 7) is 1.99. The number of ether oxygens (including phenoxy) is 1. The Kier molecular flexibility index (Phi) is 5.01. The molecular formula is C19H15NO3S2. The summed E-state index contributed by atoms with van der Waals surface area (Å²) in [4.78, 5) is 26.3. The van der Waals surface area contributed by atoms with Crippen LogP contribution in [0.3, 0.4) is 0 Å². The lowest BCUT2D eigenvalue weighted by molar-refractivity contribution is -0.113. The highest BCUT2D eigenvalue weighted by Crippen LogP contribution is 2.36. The van der Waals surface area contributed by atoms with Crippen molar-refractivity contribution in [3.05, 3.63) is 70.1 Å². The van der Waals surface area contributed by atoms with E-state index < -0.39 is 5.97 Å². The Balaban J connectivity index is 1.85. The molecule has 2 aromatic rings. The van der Waals surface area contributed by atoms with Crippen LogP contribution in [0.2, 0.25) is 0 Å². The Morgan fingerprint density at radius 3 is 2.36 bits per heavy atom. The Bertz CT molecular complexity index is 871. The monoisotopic (exact) mass is 369 g/mol. The topological polar surface area (TPSA) is 46.6 Å². The van der Waals surface area contributed by atoms with E-state index in [0.717, 1.165) is 16.8 Å². The number of methoxy groups -OCH3 is 1. The summed E-state index contributed by atoms with van der Waals surface area (Å²) >= 11 is 6.63. The van der Waals surface area contributed by atoms with E-state index in [4.69, 9.17) is 12.2 Å². The number of rotatable bonds is 3. The van der Waals surface area contributed by atoms with Crippen LogP contribution in [0, 0.1) is 6.92 Å². The van der Waals surface area contributed by atoms with Gasteiger partial charge in [0.1, 0.15) is 0 Å². The number of hydrogen-bond acceptors (Lipinski definition) is 5. The number of thiocarbonyl (C=S) groups is 1. The number of benzene rings is 2. The minimum atomic E-state index is -0.391. The van der Waals surface area contributed by atoms with Crippen molar-refractivity contribution in [3.8, 4) is 0 Å². The highest BCUT2D eigenvalue weighted by Gasteiger charge is 2.33. The summed E-state index contributed by atoms with van der Waals surface area (Å²) in [5, 5.41) is 0. The third kappa shape index (κ3) is 3.65. The van der Waals surface area contributed by atoms with E-state index in [2.05, 4.69) is 4.74 Å². The average Bonchev–Trinajstić information content (AvgIpc) is 2.89. The van der Waals surface area contributed by atoms with E-state index in [1.807, 2.05) is 31.2 Å². The fourth-order valence-corrected chi connectivity index (χ4v) is 3.67. The Labute approximate surface area is 155 Å². The van der Waals surface area contributed by atoms with Crippen LogP contribution in [0.25, 0.3) is 6.08 Å². The molecule has 4 nitrogen and oxygen atoms in total. The number of nitrogens with zero attached hydrogens (tertiary/aromatic N) is 1. The van der Waals surface area contributed by atoms with Gasteiger partial charge in [0, 0.05) is 0 Å². The first-order valence-corrected chi connectivity index (χ1v) is 8.75. The van der Waals surface area contributed by atoms with Gasteiger partial charge in [0.2, 0.25) is 0 Å². The molecule has 1 aliphatic heterocycles. The molecule has 6 heteroatoms. The number of thioether (sulfide) groups is 1. The number of esters is 1. The molecule has 1 saturated heterocycles. The number of aryl methyl sites for hydroxylation is 1. The zero-order valence-corrected chi connectivity index (χ0v) is 15.3. The lowest BCUT2D eigenvalue weighted by Gasteiger charge is -2.14. The molecule has 0 saturated carbocycles. The van der Waals surface area contributed by atoms with Crippen molar-refractivity contribution >= 4 is 51.9 Å². The van der Waals surface area contributed by atoms with Gasteiger partial charge in [-0.3, -0.25) is 9.69 Å². The van der Waals surface area contributed by atoms with Gasteiger partial charge in [-0.15, -0.1) is 0 Å². The van der Waals surface area contributed by atoms with E-state index in [-0.39, 0.29) is 5.91 Å². The van der Waals surface area contributed by atoms with E-state index in [1.165, 1.54) is 23.8 Å². The molecule has 2 aromatic carbocycles. The zero-order valence-electron chi connectivity index (χ0n) is 13.7. The summed E-state index contributed by atoms with van der Waals surface area (Å²) < 4.78 is 5.18. The Morgan fingerprint density at radius 2 is 1.76 bits per heavy atom. The molecule has 0 spiro atoms. The largest absolute Gasteiger partial charge is 0.465 e. The number of carbonyl (C=O) groups is 2.